The summed E-state index contributed by atoms with van der Waals surface area (Å²) in [4.78, 5) is 11.4. The summed E-state index contributed by atoms with van der Waals surface area (Å²) in [5.74, 6) is -0.594. The molecule has 2 nitrogen and oxygen atoms in total. The molecule has 0 aromatic carbocycles. The van der Waals surface area contributed by atoms with E-state index in [1.54, 1.807) is 0 Å². The van der Waals surface area contributed by atoms with E-state index in [9.17, 15) is 4.79 Å². The van der Waals surface area contributed by atoms with E-state index >= 15 is 0 Å². The Morgan fingerprint density at radius 3 is 2.06 bits per heavy atom. The molecule has 0 aliphatic heterocycles. The Bertz CT molecular complexity index is 296. The first kappa shape index (κ1) is 14.4. The Hall–Kier alpha value is 0.370. The molecule has 0 saturated heterocycles. The van der Waals surface area contributed by atoms with E-state index in [1.165, 1.54) is 6.92 Å². The molecule has 1 rings (SSSR count). The normalized spacial score (nSPS) is 23.8. The minimum absolute atomic E-state index is 0.249. The van der Waals surface area contributed by atoms with Gasteiger partial charge in [-0.2, -0.15) is 0 Å². The van der Waals surface area contributed by atoms with Crippen LogP contribution >= 0.6 is 46.4 Å². The maximum Gasteiger partial charge on any atom is 0.333 e. The fraction of sp³-hybridized carbons (Fsp3) is 0.700. The van der Waals surface area contributed by atoms with Crippen LogP contribution in [0.4, 0.5) is 0 Å². The number of ether oxygens (including phenoxy) is 1. The van der Waals surface area contributed by atoms with E-state index in [-0.39, 0.29) is 5.57 Å². The predicted molar refractivity (Wildman–Crippen MR) is 67.4 cm³/mol. The van der Waals surface area contributed by atoms with Gasteiger partial charge in [0.05, 0.1) is 0 Å². The minimum Gasteiger partial charge on any atom is -0.453 e. The highest BCUT2D eigenvalue weighted by Gasteiger charge is 2.53. The first-order chi connectivity index (χ1) is 7.17. The molecule has 1 saturated carbocycles. The second kappa shape index (κ2) is 4.93. The fourth-order valence-corrected chi connectivity index (χ4v) is 3.19. The van der Waals surface area contributed by atoms with Gasteiger partial charge in [-0.3, -0.25) is 0 Å². The van der Waals surface area contributed by atoms with E-state index in [2.05, 4.69) is 6.58 Å². The number of alkyl halides is 4. The number of halogens is 4. The van der Waals surface area contributed by atoms with Gasteiger partial charge in [0.25, 0.3) is 0 Å². The van der Waals surface area contributed by atoms with Crippen molar-refractivity contribution in [3.63, 3.8) is 0 Å². The standard InChI is InChI=1S/C10H12Cl4O2/c1-6(2)7(15)16-8-9(11,12)4-3-5-10(8,13)14/h8H,1,3-5H2,2H3. The molecule has 0 radical (unpaired) electrons. The predicted octanol–water partition coefficient (Wildman–Crippen LogP) is 4.01. The van der Waals surface area contributed by atoms with Gasteiger partial charge in [-0.1, -0.05) is 53.0 Å². The zero-order chi connectivity index (χ0) is 12.6. The molecule has 0 aromatic heterocycles. The van der Waals surface area contributed by atoms with E-state index in [0.717, 1.165) is 0 Å². The topological polar surface area (TPSA) is 26.3 Å². The Morgan fingerprint density at radius 2 is 1.69 bits per heavy atom. The van der Waals surface area contributed by atoms with Crippen LogP contribution in [-0.4, -0.2) is 20.7 Å². The second-order valence-corrected chi connectivity index (χ2v) is 7.03. The van der Waals surface area contributed by atoms with Crippen LogP contribution in [0.3, 0.4) is 0 Å². The Morgan fingerprint density at radius 1 is 1.25 bits per heavy atom. The van der Waals surface area contributed by atoms with Crippen LogP contribution in [0.5, 0.6) is 0 Å². The maximum atomic E-state index is 11.4. The Balaban J connectivity index is 2.87. The molecule has 0 unspecified atom stereocenters. The van der Waals surface area contributed by atoms with Crippen molar-refractivity contribution in [2.45, 2.75) is 41.0 Å². The van der Waals surface area contributed by atoms with Crippen molar-refractivity contribution in [2.24, 2.45) is 0 Å². The lowest BCUT2D eigenvalue weighted by Crippen LogP contribution is -2.50. The van der Waals surface area contributed by atoms with Crippen molar-refractivity contribution in [3.8, 4) is 0 Å². The first-order valence-corrected chi connectivity index (χ1v) is 6.30. The van der Waals surface area contributed by atoms with Crippen molar-refractivity contribution in [2.75, 3.05) is 0 Å². The molecule has 6 heteroatoms. The van der Waals surface area contributed by atoms with Crippen LogP contribution < -0.4 is 0 Å². The third kappa shape index (κ3) is 3.19. The van der Waals surface area contributed by atoms with E-state index < -0.39 is 20.7 Å². The van der Waals surface area contributed by atoms with Gasteiger partial charge in [0.1, 0.15) is 0 Å². The lowest BCUT2D eigenvalue weighted by molar-refractivity contribution is -0.146. The monoisotopic (exact) mass is 304 g/mol. The zero-order valence-electron chi connectivity index (χ0n) is 8.73. The van der Waals surface area contributed by atoms with Crippen molar-refractivity contribution < 1.29 is 9.53 Å². The summed E-state index contributed by atoms with van der Waals surface area (Å²) >= 11 is 24.2. The largest absolute Gasteiger partial charge is 0.453 e. The molecule has 1 fully saturated rings. The maximum absolute atomic E-state index is 11.4. The van der Waals surface area contributed by atoms with Crippen LogP contribution in [0.1, 0.15) is 26.2 Å². The summed E-state index contributed by atoms with van der Waals surface area (Å²) in [6.45, 7) is 5.00. The van der Waals surface area contributed by atoms with Crippen LogP contribution in [0.25, 0.3) is 0 Å². The minimum atomic E-state index is -1.26. The molecular weight excluding hydrogens is 294 g/mol. The molecule has 0 heterocycles. The summed E-state index contributed by atoms with van der Waals surface area (Å²) < 4.78 is 2.60. The lowest BCUT2D eigenvalue weighted by atomic mass is 9.95. The first-order valence-electron chi connectivity index (χ1n) is 4.79. The number of esters is 1. The molecule has 0 atom stereocenters. The Labute approximate surface area is 115 Å². The summed E-state index contributed by atoms with van der Waals surface area (Å²) in [5, 5.41) is 0. The summed E-state index contributed by atoms with van der Waals surface area (Å²) in [7, 11) is 0. The van der Waals surface area contributed by atoms with Gasteiger partial charge < -0.3 is 4.74 Å². The van der Waals surface area contributed by atoms with Crippen molar-refractivity contribution >= 4 is 52.4 Å². The van der Waals surface area contributed by atoms with Gasteiger partial charge >= 0.3 is 5.97 Å². The third-order valence-corrected chi connectivity index (χ3v) is 3.91. The number of carbonyl (C=O) groups is 1. The third-order valence-electron chi connectivity index (χ3n) is 2.36. The van der Waals surface area contributed by atoms with E-state index in [1.807, 2.05) is 0 Å². The molecule has 0 spiro atoms. The molecule has 16 heavy (non-hydrogen) atoms. The summed E-state index contributed by atoms with van der Waals surface area (Å²) in [5.41, 5.74) is 0.249. The smallest absolute Gasteiger partial charge is 0.333 e. The van der Waals surface area contributed by atoms with Crippen LogP contribution in [0, 0.1) is 0 Å². The van der Waals surface area contributed by atoms with Crippen LogP contribution in [-0.2, 0) is 9.53 Å². The Kier molecular flexibility index (Phi) is 4.45. The number of carbonyl (C=O) groups excluding carboxylic acids is 1. The highest BCUT2D eigenvalue weighted by atomic mass is 35.5. The highest BCUT2D eigenvalue weighted by molar-refractivity contribution is 6.54. The van der Waals surface area contributed by atoms with Gasteiger partial charge in [-0.25, -0.2) is 4.79 Å². The number of hydrogen-bond donors (Lipinski definition) is 0. The van der Waals surface area contributed by atoms with Gasteiger partial charge in [-0.05, 0) is 26.2 Å². The highest BCUT2D eigenvalue weighted by Crippen LogP contribution is 2.49. The molecule has 0 bridgehead atoms. The molecule has 1 aliphatic rings. The second-order valence-electron chi connectivity index (χ2n) is 3.94. The van der Waals surface area contributed by atoms with E-state index in [0.29, 0.717) is 19.3 Å². The molecular formula is C10H12Cl4O2. The summed E-state index contributed by atoms with van der Waals surface area (Å²) in [6.07, 6.45) is 0.683. The van der Waals surface area contributed by atoms with Crippen molar-refractivity contribution in [1.82, 2.24) is 0 Å². The van der Waals surface area contributed by atoms with Gasteiger partial charge in [-0.15, -0.1) is 0 Å². The molecule has 92 valence electrons. The SMILES string of the molecule is C=C(C)C(=O)OC1C(Cl)(Cl)CCCC1(Cl)Cl. The number of hydrogen-bond acceptors (Lipinski definition) is 2. The van der Waals surface area contributed by atoms with E-state index in [4.69, 9.17) is 51.1 Å². The average Bonchev–Trinajstić information content (AvgIpc) is 2.10. The zero-order valence-corrected chi connectivity index (χ0v) is 11.8. The molecule has 0 amide bonds. The fourth-order valence-electron chi connectivity index (χ4n) is 1.51. The molecule has 0 aromatic rings. The van der Waals surface area contributed by atoms with Crippen LogP contribution in [0.2, 0.25) is 0 Å². The quantitative estimate of drug-likeness (QED) is 0.438. The lowest BCUT2D eigenvalue weighted by Gasteiger charge is -2.41. The van der Waals surface area contributed by atoms with Gasteiger partial charge in [0, 0.05) is 5.57 Å². The number of rotatable bonds is 2. The molecule has 1 aliphatic carbocycles. The average molecular weight is 306 g/mol. The molecule has 0 N–H and O–H groups in total. The summed E-state index contributed by atoms with van der Waals surface area (Å²) in [6, 6.07) is 0. The van der Waals surface area contributed by atoms with Crippen molar-refractivity contribution in [1.29, 1.82) is 0 Å². The van der Waals surface area contributed by atoms with Gasteiger partial charge in [0.15, 0.2) is 14.8 Å². The van der Waals surface area contributed by atoms with Gasteiger partial charge in [0.2, 0.25) is 0 Å². The van der Waals surface area contributed by atoms with Crippen LogP contribution in [0.15, 0.2) is 12.2 Å². The van der Waals surface area contributed by atoms with Crippen molar-refractivity contribution in [3.05, 3.63) is 12.2 Å².